The number of ether oxygens (including phenoxy) is 1. The zero-order chi connectivity index (χ0) is 21.4. The van der Waals surface area contributed by atoms with Crippen molar-refractivity contribution in [1.82, 2.24) is 9.78 Å². The van der Waals surface area contributed by atoms with E-state index in [1.54, 1.807) is 4.68 Å². The van der Waals surface area contributed by atoms with Gasteiger partial charge >= 0.3 is 0 Å². The van der Waals surface area contributed by atoms with Gasteiger partial charge in [0, 0.05) is 17.5 Å². The van der Waals surface area contributed by atoms with Crippen LogP contribution in [0, 0.1) is 6.92 Å². The number of rotatable bonds is 5. The first-order valence-corrected chi connectivity index (χ1v) is 9.82. The topological polar surface area (TPSA) is 93.5 Å². The molecule has 0 saturated heterocycles. The maximum Gasteiger partial charge on any atom is 0.226 e. The summed E-state index contributed by atoms with van der Waals surface area (Å²) in [6, 6.07) is 12.4. The Bertz CT molecular complexity index is 1150. The molecule has 2 heterocycles. The second kappa shape index (κ2) is 7.67. The summed E-state index contributed by atoms with van der Waals surface area (Å²) in [5, 5.41) is 17.4. The molecule has 30 heavy (non-hydrogen) atoms. The Labute approximate surface area is 174 Å². The molecule has 1 aliphatic heterocycles. The fourth-order valence-electron chi connectivity index (χ4n) is 3.90. The minimum Gasteiger partial charge on any atom is -0.504 e. The molecule has 0 fully saturated rings. The number of hydrogen-bond donors (Lipinski definition) is 2. The quantitative estimate of drug-likeness (QED) is 0.631. The number of anilines is 1. The molecule has 0 aliphatic carbocycles. The molecule has 4 rings (SSSR count). The van der Waals surface area contributed by atoms with E-state index in [0.29, 0.717) is 22.6 Å². The molecule has 0 spiro atoms. The highest BCUT2D eigenvalue weighted by Crippen LogP contribution is 2.39. The number of amides is 1. The van der Waals surface area contributed by atoms with E-state index in [9.17, 15) is 14.7 Å². The Morgan fingerprint density at radius 3 is 2.83 bits per heavy atom. The largest absolute Gasteiger partial charge is 0.504 e. The number of aromatic hydroxyl groups is 1. The van der Waals surface area contributed by atoms with Crippen molar-refractivity contribution < 1.29 is 19.4 Å². The number of nitrogens with one attached hydrogen (secondary N) is 1. The summed E-state index contributed by atoms with van der Waals surface area (Å²) in [5.74, 6) is -0.415. The summed E-state index contributed by atoms with van der Waals surface area (Å²) in [7, 11) is 1.42. The van der Waals surface area contributed by atoms with Gasteiger partial charge in [-0.05, 0) is 49.2 Å². The monoisotopic (exact) mass is 405 g/mol. The van der Waals surface area contributed by atoms with Crippen LogP contribution in [0.3, 0.4) is 0 Å². The van der Waals surface area contributed by atoms with Crippen molar-refractivity contribution in [2.45, 2.75) is 32.6 Å². The molecular weight excluding hydrogens is 382 g/mol. The smallest absolute Gasteiger partial charge is 0.226 e. The average molecular weight is 405 g/mol. The molecule has 1 aliphatic rings. The Morgan fingerprint density at radius 2 is 2.10 bits per heavy atom. The molecule has 0 radical (unpaired) electrons. The van der Waals surface area contributed by atoms with Gasteiger partial charge in [0.15, 0.2) is 17.3 Å². The minimum absolute atomic E-state index is 0.0383. The van der Waals surface area contributed by atoms with Crippen molar-refractivity contribution in [3.63, 3.8) is 0 Å². The van der Waals surface area contributed by atoms with Gasteiger partial charge < -0.3 is 15.2 Å². The molecule has 1 atom stereocenters. The summed E-state index contributed by atoms with van der Waals surface area (Å²) in [6.45, 7) is 3.92. The van der Waals surface area contributed by atoms with Gasteiger partial charge in [-0.15, -0.1) is 0 Å². The molecule has 0 bridgehead atoms. The number of methoxy groups -OCH3 is 1. The van der Waals surface area contributed by atoms with E-state index < -0.39 is 5.92 Å². The minimum atomic E-state index is -0.661. The second-order valence-electron chi connectivity index (χ2n) is 7.34. The predicted octanol–water partition coefficient (Wildman–Crippen LogP) is 3.77. The maximum atomic E-state index is 13.3. The number of phenolic OH excluding ortho intramolecular Hbond substituents is 1. The van der Waals surface area contributed by atoms with Crippen LogP contribution in [0.4, 0.5) is 5.82 Å². The Balaban J connectivity index is 1.80. The van der Waals surface area contributed by atoms with Crippen molar-refractivity contribution in [2.75, 3.05) is 12.4 Å². The third-order valence-corrected chi connectivity index (χ3v) is 5.45. The van der Waals surface area contributed by atoms with Gasteiger partial charge in [-0.2, -0.15) is 5.10 Å². The third kappa shape index (κ3) is 3.32. The van der Waals surface area contributed by atoms with E-state index >= 15 is 0 Å². The lowest BCUT2D eigenvalue weighted by Gasteiger charge is -2.23. The lowest BCUT2D eigenvalue weighted by molar-refractivity contribution is -0.116. The van der Waals surface area contributed by atoms with Crippen LogP contribution in [0.2, 0.25) is 0 Å². The fourth-order valence-corrected chi connectivity index (χ4v) is 3.90. The first-order chi connectivity index (χ1) is 14.4. The van der Waals surface area contributed by atoms with Crippen molar-refractivity contribution in [3.05, 3.63) is 64.8 Å². The number of aromatic nitrogens is 2. The number of aryl methyl sites for hydroxylation is 2. The number of Topliss-reactive ketones (excluding diaryl/α,β-unsaturated/α-hetero) is 1. The third-order valence-electron chi connectivity index (χ3n) is 5.45. The summed E-state index contributed by atoms with van der Waals surface area (Å²) in [6.07, 6.45) is 0.920. The number of carbonyl (C=O) groups is 2. The van der Waals surface area contributed by atoms with Crippen molar-refractivity contribution in [2.24, 2.45) is 0 Å². The molecule has 7 heteroatoms. The van der Waals surface area contributed by atoms with E-state index in [4.69, 9.17) is 4.74 Å². The van der Waals surface area contributed by atoms with E-state index in [2.05, 4.69) is 17.3 Å². The predicted molar refractivity (Wildman–Crippen MR) is 113 cm³/mol. The van der Waals surface area contributed by atoms with Crippen LogP contribution < -0.4 is 10.1 Å². The van der Waals surface area contributed by atoms with Gasteiger partial charge in [0.2, 0.25) is 5.91 Å². The number of phenols is 1. The number of carbonyl (C=O) groups excluding carboxylic acids is 2. The number of hydrogen-bond acceptors (Lipinski definition) is 5. The Morgan fingerprint density at radius 1 is 1.30 bits per heavy atom. The molecule has 1 aromatic heterocycles. The van der Waals surface area contributed by atoms with E-state index in [1.807, 2.05) is 31.2 Å². The van der Waals surface area contributed by atoms with E-state index in [-0.39, 0.29) is 29.6 Å². The molecule has 2 N–H and O–H groups in total. The Kier molecular flexibility index (Phi) is 5.03. The lowest BCUT2D eigenvalue weighted by Crippen LogP contribution is -2.28. The van der Waals surface area contributed by atoms with E-state index in [0.717, 1.165) is 17.7 Å². The first-order valence-electron chi connectivity index (χ1n) is 9.82. The molecule has 154 valence electrons. The van der Waals surface area contributed by atoms with Crippen molar-refractivity contribution in [1.29, 1.82) is 0 Å². The summed E-state index contributed by atoms with van der Waals surface area (Å²) in [5.41, 5.74) is 3.76. The van der Waals surface area contributed by atoms with E-state index in [1.165, 1.54) is 25.3 Å². The van der Waals surface area contributed by atoms with Crippen LogP contribution in [0.15, 0.2) is 42.5 Å². The van der Waals surface area contributed by atoms with Gasteiger partial charge in [0.1, 0.15) is 5.82 Å². The molecule has 2 aromatic carbocycles. The summed E-state index contributed by atoms with van der Waals surface area (Å²) >= 11 is 0. The molecular formula is C23H23N3O4. The Hall–Kier alpha value is -3.61. The summed E-state index contributed by atoms with van der Waals surface area (Å²) < 4.78 is 6.82. The highest BCUT2D eigenvalue weighted by atomic mass is 16.5. The van der Waals surface area contributed by atoms with Crippen molar-refractivity contribution in [3.8, 4) is 17.2 Å². The van der Waals surface area contributed by atoms with Crippen LogP contribution in [-0.4, -0.2) is 33.7 Å². The van der Waals surface area contributed by atoms with Crippen LogP contribution in [-0.2, 0) is 11.2 Å². The SMILES string of the molecule is CCc1cccc(-n2nc(C)c3c2NC(=O)C[C@@H]3C(=O)c2ccc(O)c(OC)c2)c1. The van der Waals surface area contributed by atoms with Gasteiger partial charge in [-0.1, -0.05) is 19.1 Å². The number of ketones is 1. The highest BCUT2D eigenvalue weighted by molar-refractivity contribution is 6.08. The lowest BCUT2D eigenvalue weighted by atomic mass is 9.85. The first kappa shape index (κ1) is 19.7. The molecule has 7 nitrogen and oxygen atoms in total. The van der Waals surface area contributed by atoms with Gasteiger partial charge in [0.05, 0.1) is 24.4 Å². The van der Waals surface area contributed by atoms with Crippen molar-refractivity contribution >= 4 is 17.5 Å². The highest BCUT2D eigenvalue weighted by Gasteiger charge is 2.36. The number of nitrogens with zero attached hydrogens (tertiary/aromatic N) is 2. The number of fused-ring (bicyclic) bond motifs is 1. The van der Waals surface area contributed by atoms with Gasteiger partial charge in [-0.3, -0.25) is 9.59 Å². The molecule has 1 amide bonds. The van der Waals surface area contributed by atoms with Gasteiger partial charge in [0.25, 0.3) is 0 Å². The fraction of sp³-hybridized carbons (Fsp3) is 0.261. The number of benzene rings is 2. The molecule has 0 unspecified atom stereocenters. The van der Waals surface area contributed by atoms with Crippen LogP contribution >= 0.6 is 0 Å². The van der Waals surface area contributed by atoms with Crippen LogP contribution in [0.1, 0.15) is 46.4 Å². The maximum absolute atomic E-state index is 13.3. The zero-order valence-electron chi connectivity index (χ0n) is 17.1. The zero-order valence-corrected chi connectivity index (χ0v) is 17.1. The summed E-state index contributed by atoms with van der Waals surface area (Å²) in [4.78, 5) is 25.8. The van der Waals surface area contributed by atoms with Gasteiger partial charge in [-0.25, -0.2) is 4.68 Å². The van der Waals surface area contributed by atoms with Crippen LogP contribution in [0.25, 0.3) is 5.69 Å². The van der Waals surface area contributed by atoms with Crippen LogP contribution in [0.5, 0.6) is 11.5 Å². The average Bonchev–Trinajstić information content (AvgIpc) is 3.09. The normalized spacial score (nSPS) is 15.4. The molecule has 0 saturated carbocycles. The second-order valence-corrected chi connectivity index (χ2v) is 7.34. The molecule has 3 aromatic rings. The standard InChI is InChI=1S/C23H23N3O4/c1-4-14-6-5-7-16(10-14)26-23-21(13(2)25-26)17(12-20(28)24-23)22(29)15-8-9-18(27)19(11-15)30-3/h5-11,17,27H,4,12H2,1-3H3,(H,24,28)/t17-/m0/s1.